The van der Waals surface area contributed by atoms with E-state index in [0.29, 0.717) is 57.1 Å². The molecule has 2 aromatic carbocycles. The normalized spacial score (nSPS) is 36.2. The van der Waals surface area contributed by atoms with E-state index in [1.165, 1.54) is 11.1 Å². The molecule has 1 saturated heterocycles. The SMILES string of the molecule is C=S1(=O)NC(=O)c2ccc3c(c2)N(C[C@@H]2CC[C@H]2[C@](O)(CN2CCS(=O)(=O)CC2)CCC[C@H](C)[C@H]1C)C[C@@]1(CCCc2cc(Cl)ccc21)CO3. The number of aliphatic hydroxyl groups is 1. The number of fused-ring (bicyclic) bond motifs is 4. The van der Waals surface area contributed by atoms with E-state index in [9.17, 15) is 22.5 Å². The summed E-state index contributed by atoms with van der Waals surface area (Å²) in [5.41, 5.74) is 2.46. The van der Waals surface area contributed by atoms with E-state index in [2.05, 4.69) is 32.5 Å². The van der Waals surface area contributed by atoms with E-state index in [-0.39, 0.29) is 39.9 Å². The first kappa shape index (κ1) is 36.1. The highest BCUT2D eigenvalue weighted by Gasteiger charge is 2.49. The van der Waals surface area contributed by atoms with E-state index < -0.39 is 31.1 Å². The fourth-order valence-electron chi connectivity index (χ4n) is 9.36. The minimum atomic E-state index is -3.05. The van der Waals surface area contributed by atoms with Gasteiger partial charge in [0.15, 0.2) is 9.84 Å². The monoisotopic (exact) mass is 745 g/mol. The van der Waals surface area contributed by atoms with E-state index in [1.54, 1.807) is 6.07 Å². The molecule has 5 aliphatic rings. The van der Waals surface area contributed by atoms with Gasteiger partial charge in [-0.1, -0.05) is 31.0 Å². The lowest BCUT2D eigenvalue weighted by Crippen LogP contribution is -2.58. The van der Waals surface area contributed by atoms with Gasteiger partial charge < -0.3 is 14.7 Å². The van der Waals surface area contributed by atoms with Crippen LogP contribution in [0.4, 0.5) is 5.69 Å². The highest BCUT2D eigenvalue weighted by molar-refractivity contribution is 7.99. The van der Waals surface area contributed by atoms with Crippen LogP contribution in [0.15, 0.2) is 36.4 Å². The molecule has 9 nitrogen and oxygen atoms in total. The predicted octanol–water partition coefficient (Wildman–Crippen LogP) is 4.87. The van der Waals surface area contributed by atoms with Crippen molar-refractivity contribution in [2.75, 3.05) is 55.7 Å². The van der Waals surface area contributed by atoms with Crippen LogP contribution < -0.4 is 14.4 Å². The molecule has 2 fully saturated rings. The molecule has 2 bridgehead atoms. The Bertz CT molecular complexity index is 1840. The van der Waals surface area contributed by atoms with Crippen molar-refractivity contribution in [3.8, 4) is 5.75 Å². The first-order valence-corrected chi connectivity index (χ1v) is 22.3. The van der Waals surface area contributed by atoms with Crippen molar-refractivity contribution in [1.29, 1.82) is 0 Å². The van der Waals surface area contributed by atoms with Crippen LogP contribution in [0.3, 0.4) is 0 Å². The van der Waals surface area contributed by atoms with E-state index in [0.717, 1.165) is 55.7 Å². The second kappa shape index (κ2) is 13.6. The lowest BCUT2D eigenvalue weighted by atomic mass is 9.62. The van der Waals surface area contributed by atoms with E-state index in [4.69, 9.17) is 16.3 Å². The number of halogens is 1. The highest BCUT2D eigenvalue weighted by Crippen LogP contribution is 2.49. The number of aryl methyl sites for hydroxylation is 1. The number of carbonyl (C=O) groups is 1. The second-order valence-corrected chi connectivity index (χ2v) is 21.1. The third-order valence-electron chi connectivity index (χ3n) is 12.7. The van der Waals surface area contributed by atoms with Gasteiger partial charge >= 0.3 is 0 Å². The summed E-state index contributed by atoms with van der Waals surface area (Å²) >= 11 is 6.46. The fourth-order valence-corrected chi connectivity index (χ4v) is 12.3. The molecule has 1 saturated carbocycles. The van der Waals surface area contributed by atoms with Gasteiger partial charge in [0.05, 0.1) is 39.1 Å². The largest absolute Gasteiger partial charge is 0.490 e. The Morgan fingerprint density at radius 2 is 1.82 bits per heavy atom. The van der Waals surface area contributed by atoms with Crippen molar-refractivity contribution in [3.63, 3.8) is 0 Å². The summed E-state index contributed by atoms with van der Waals surface area (Å²) < 4.78 is 47.9. The van der Waals surface area contributed by atoms with E-state index in [1.807, 2.05) is 32.0 Å². The number of carbonyl (C=O) groups excluding carboxylic acids is 1. The molecule has 7 rings (SSSR count). The Kier molecular flexibility index (Phi) is 9.80. The topological polar surface area (TPSA) is 116 Å². The number of nitrogens with zero attached hydrogens (tertiary/aromatic N) is 2. The van der Waals surface area contributed by atoms with Crippen molar-refractivity contribution >= 4 is 48.6 Å². The maximum absolute atomic E-state index is 13.9. The zero-order valence-electron chi connectivity index (χ0n) is 29.4. The molecular weight excluding hydrogens is 694 g/mol. The molecular formula is C38H52ClN3O6S2. The van der Waals surface area contributed by atoms with Gasteiger partial charge in [0.1, 0.15) is 5.75 Å². The van der Waals surface area contributed by atoms with Crippen molar-refractivity contribution in [2.45, 2.75) is 81.5 Å². The maximum atomic E-state index is 13.9. The summed E-state index contributed by atoms with van der Waals surface area (Å²) in [5.74, 6) is 4.78. The summed E-state index contributed by atoms with van der Waals surface area (Å²) in [6.07, 6.45) is 6.83. The van der Waals surface area contributed by atoms with Gasteiger partial charge in [0.2, 0.25) is 0 Å². The Labute approximate surface area is 303 Å². The zero-order valence-corrected chi connectivity index (χ0v) is 31.8. The van der Waals surface area contributed by atoms with Crippen LogP contribution in [0, 0.1) is 17.8 Å². The number of β-amino-alcohol motifs (C(OH)–C–C–N with tert-alkyl or cyclic N) is 1. The molecule has 274 valence electrons. The fraction of sp³-hybridized carbons (Fsp3) is 0.632. The van der Waals surface area contributed by atoms with Crippen molar-refractivity contribution in [2.24, 2.45) is 17.8 Å². The molecule has 2 N–H and O–H groups in total. The van der Waals surface area contributed by atoms with Gasteiger partial charge in [-0.05, 0) is 117 Å². The first-order valence-electron chi connectivity index (χ1n) is 18.3. The maximum Gasteiger partial charge on any atom is 0.262 e. The van der Waals surface area contributed by atoms with Crippen molar-refractivity contribution in [1.82, 2.24) is 9.62 Å². The highest BCUT2D eigenvalue weighted by atomic mass is 35.5. The summed E-state index contributed by atoms with van der Waals surface area (Å²) in [5, 5.41) is 13.0. The number of hydrogen-bond donors (Lipinski definition) is 2. The molecule has 12 heteroatoms. The Morgan fingerprint density at radius 3 is 2.56 bits per heavy atom. The predicted molar refractivity (Wildman–Crippen MR) is 202 cm³/mol. The molecule has 0 aromatic heterocycles. The lowest BCUT2D eigenvalue weighted by Gasteiger charge is -2.51. The standard InChI is InChI=1S/C38H52ClN3O6S2/c1-26-6-4-15-38(44,24-41-16-18-50(46,47)19-17-41)33-11-8-30(33)22-42-23-37(14-5-7-28-20-31(39)10-12-32(28)37)25-48-35-13-9-29(21-34(35)42)36(43)40-49(3,45)27(26)2/h9-10,12-13,20-21,26-27,30,33,44H,3-8,11,14-19,22-25H2,1-2H3,(H,40,43,45)/t26-,27+,30-,33+,37-,38+,49?/m0/s1. The number of ether oxygens (including phenoxy) is 1. The second-order valence-electron chi connectivity index (χ2n) is 16.0. The van der Waals surface area contributed by atoms with Gasteiger partial charge in [-0.2, -0.15) is 0 Å². The van der Waals surface area contributed by atoms with E-state index >= 15 is 0 Å². The van der Waals surface area contributed by atoms with Crippen molar-refractivity contribution < 1.29 is 27.3 Å². The minimum Gasteiger partial charge on any atom is -0.490 e. The summed E-state index contributed by atoms with van der Waals surface area (Å²) in [7, 11) is -6.04. The Morgan fingerprint density at radius 1 is 1.04 bits per heavy atom. The smallest absolute Gasteiger partial charge is 0.262 e. The van der Waals surface area contributed by atoms with Crippen LogP contribution in [0.1, 0.15) is 80.3 Å². The van der Waals surface area contributed by atoms with Gasteiger partial charge in [0.25, 0.3) is 5.91 Å². The Hall–Kier alpha value is -2.31. The number of anilines is 1. The average Bonchev–Trinajstić information content (AvgIpc) is 3.19. The minimum absolute atomic E-state index is 0.00449. The molecule has 1 amide bonds. The van der Waals surface area contributed by atoms with Crippen LogP contribution in [0.5, 0.6) is 5.75 Å². The van der Waals surface area contributed by atoms with Crippen LogP contribution >= 0.6 is 11.6 Å². The molecule has 2 aliphatic carbocycles. The number of hydrogen-bond acceptors (Lipinski definition) is 8. The number of sulfone groups is 1. The molecule has 1 unspecified atom stereocenters. The molecule has 3 heterocycles. The molecule has 2 aromatic rings. The third-order valence-corrected chi connectivity index (χ3v) is 16.8. The van der Waals surface area contributed by atoms with Crippen LogP contribution in [0.2, 0.25) is 5.02 Å². The average molecular weight is 746 g/mol. The quantitative estimate of drug-likeness (QED) is 0.419. The first-order chi connectivity index (χ1) is 23.7. The molecule has 7 atom stereocenters. The molecule has 1 spiro atoms. The summed E-state index contributed by atoms with van der Waals surface area (Å²) in [6, 6.07) is 11.7. The van der Waals surface area contributed by atoms with Gasteiger partial charge in [-0.25, -0.2) is 12.6 Å². The zero-order chi connectivity index (χ0) is 35.5. The van der Waals surface area contributed by atoms with Crippen LogP contribution in [-0.2, 0) is 31.4 Å². The number of nitrogens with one attached hydrogen (secondary N) is 1. The Balaban J connectivity index is 1.28. The van der Waals surface area contributed by atoms with Crippen molar-refractivity contribution in [3.05, 3.63) is 58.1 Å². The molecule has 0 radical (unpaired) electrons. The molecule has 3 aliphatic heterocycles. The summed E-state index contributed by atoms with van der Waals surface area (Å²) in [6.45, 7) is 7.10. The van der Waals surface area contributed by atoms with Crippen LogP contribution in [0.25, 0.3) is 0 Å². The number of rotatable bonds is 2. The van der Waals surface area contributed by atoms with Gasteiger partial charge in [-0.15, -0.1) is 0 Å². The number of amides is 1. The number of benzene rings is 2. The van der Waals surface area contributed by atoms with Gasteiger partial charge in [-0.3, -0.25) is 14.4 Å². The molecule has 50 heavy (non-hydrogen) atoms. The summed E-state index contributed by atoms with van der Waals surface area (Å²) in [4.78, 5) is 18.2. The lowest BCUT2D eigenvalue weighted by molar-refractivity contribution is -0.105. The van der Waals surface area contributed by atoms with Crippen LogP contribution in [-0.4, -0.2) is 96.1 Å². The van der Waals surface area contributed by atoms with Gasteiger partial charge in [0, 0.05) is 54.0 Å². The third kappa shape index (κ3) is 7.06.